The summed E-state index contributed by atoms with van der Waals surface area (Å²) in [6.45, 7) is 8.74. The van der Waals surface area contributed by atoms with Crippen molar-refractivity contribution in [3.8, 4) is 5.75 Å². The van der Waals surface area contributed by atoms with E-state index < -0.39 is 0 Å². The summed E-state index contributed by atoms with van der Waals surface area (Å²) >= 11 is 0. The zero-order chi connectivity index (χ0) is 11.3. The van der Waals surface area contributed by atoms with Gasteiger partial charge in [-0.15, -0.1) is 0 Å². The van der Waals surface area contributed by atoms with Crippen LogP contribution in [0.2, 0.25) is 0 Å². The van der Waals surface area contributed by atoms with Gasteiger partial charge in [0.25, 0.3) is 0 Å². The summed E-state index contributed by atoms with van der Waals surface area (Å²) in [7, 11) is 0. The van der Waals surface area contributed by atoms with Gasteiger partial charge in [0.05, 0.1) is 6.10 Å². The summed E-state index contributed by atoms with van der Waals surface area (Å²) in [6.07, 6.45) is 2.45. The Kier molecular flexibility index (Phi) is 4.67. The first kappa shape index (κ1) is 12.1. The highest BCUT2D eigenvalue weighted by atomic mass is 16.5. The van der Waals surface area contributed by atoms with Crippen LogP contribution in [0.1, 0.15) is 39.7 Å². The molecule has 0 heterocycles. The van der Waals surface area contributed by atoms with Crippen LogP contribution in [0.4, 0.5) is 0 Å². The predicted octanol–water partition coefficient (Wildman–Crippen LogP) is 4.06. The van der Waals surface area contributed by atoms with E-state index >= 15 is 0 Å². The maximum atomic E-state index is 5.90. The largest absolute Gasteiger partial charge is 0.490 e. The molecule has 0 bridgehead atoms. The van der Waals surface area contributed by atoms with Crippen LogP contribution in [0.5, 0.6) is 5.75 Å². The standard InChI is InChI=1S/C14H22O/c1-5-12(4)15-14-9-7-6-8-13(14)10-11(2)3/h6-9,11-12H,5,10H2,1-4H3. The van der Waals surface area contributed by atoms with Gasteiger partial charge in [0.1, 0.15) is 5.75 Å². The summed E-state index contributed by atoms with van der Waals surface area (Å²) in [5.41, 5.74) is 1.33. The number of hydrogen-bond acceptors (Lipinski definition) is 1. The van der Waals surface area contributed by atoms with Crippen molar-refractivity contribution in [2.45, 2.75) is 46.6 Å². The lowest BCUT2D eigenvalue weighted by Crippen LogP contribution is -2.11. The maximum absolute atomic E-state index is 5.90. The molecule has 84 valence electrons. The van der Waals surface area contributed by atoms with Crippen molar-refractivity contribution in [3.63, 3.8) is 0 Å². The molecule has 0 radical (unpaired) electrons. The van der Waals surface area contributed by atoms with E-state index in [0.717, 1.165) is 18.6 Å². The van der Waals surface area contributed by atoms with E-state index in [9.17, 15) is 0 Å². The number of para-hydroxylation sites is 1. The van der Waals surface area contributed by atoms with Gasteiger partial charge in [0.15, 0.2) is 0 Å². The Hall–Kier alpha value is -0.980. The lowest BCUT2D eigenvalue weighted by molar-refractivity contribution is 0.214. The summed E-state index contributed by atoms with van der Waals surface area (Å²) in [4.78, 5) is 0. The molecule has 0 saturated heterocycles. The second-order valence-electron chi connectivity index (χ2n) is 4.54. The normalized spacial score (nSPS) is 12.9. The van der Waals surface area contributed by atoms with E-state index in [1.54, 1.807) is 0 Å². The molecule has 1 unspecified atom stereocenters. The summed E-state index contributed by atoms with van der Waals surface area (Å²) in [5, 5.41) is 0. The van der Waals surface area contributed by atoms with Gasteiger partial charge in [-0.3, -0.25) is 0 Å². The zero-order valence-electron chi connectivity index (χ0n) is 10.3. The molecule has 0 aliphatic rings. The second-order valence-corrected chi connectivity index (χ2v) is 4.54. The summed E-state index contributed by atoms with van der Waals surface area (Å²) < 4.78 is 5.90. The first-order chi connectivity index (χ1) is 7.13. The molecule has 1 heteroatoms. The highest BCUT2D eigenvalue weighted by Gasteiger charge is 2.07. The first-order valence-electron chi connectivity index (χ1n) is 5.88. The molecule has 0 spiro atoms. The topological polar surface area (TPSA) is 9.23 Å². The molecule has 0 amide bonds. The minimum Gasteiger partial charge on any atom is -0.490 e. The lowest BCUT2D eigenvalue weighted by Gasteiger charge is -2.16. The van der Waals surface area contributed by atoms with Crippen molar-refractivity contribution in [1.82, 2.24) is 0 Å². The molecule has 15 heavy (non-hydrogen) atoms. The van der Waals surface area contributed by atoms with Crippen molar-refractivity contribution in [3.05, 3.63) is 29.8 Å². The Balaban J connectivity index is 2.76. The average molecular weight is 206 g/mol. The molecule has 0 aliphatic carbocycles. The smallest absolute Gasteiger partial charge is 0.122 e. The fraction of sp³-hybridized carbons (Fsp3) is 0.571. The second kappa shape index (κ2) is 5.79. The van der Waals surface area contributed by atoms with E-state index in [4.69, 9.17) is 4.74 Å². The van der Waals surface area contributed by atoms with E-state index in [1.165, 1.54) is 5.56 Å². The van der Waals surface area contributed by atoms with E-state index in [0.29, 0.717) is 12.0 Å². The predicted molar refractivity (Wildman–Crippen MR) is 65.4 cm³/mol. The maximum Gasteiger partial charge on any atom is 0.122 e. The monoisotopic (exact) mass is 206 g/mol. The van der Waals surface area contributed by atoms with Crippen molar-refractivity contribution >= 4 is 0 Å². The molecule has 1 aromatic rings. The molecule has 1 nitrogen and oxygen atoms in total. The van der Waals surface area contributed by atoms with Crippen molar-refractivity contribution < 1.29 is 4.74 Å². The van der Waals surface area contributed by atoms with Gasteiger partial charge < -0.3 is 4.74 Å². The summed E-state index contributed by atoms with van der Waals surface area (Å²) in [6, 6.07) is 8.37. The fourth-order valence-corrected chi connectivity index (χ4v) is 1.53. The Morgan fingerprint density at radius 1 is 1.13 bits per heavy atom. The Morgan fingerprint density at radius 2 is 1.80 bits per heavy atom. The molecule has 0 aromatic heterocycles. The van der Waals surface area contributed by atoms with Crippen LogP contribution in [0.25, 0.3) is 0 Å². The number of rotatable bonds is 5. The van der Waals surface area contributed by atoms with Gasteiger partial charge >= 0.3 is 0 Å². The quantitative estimate of drug-likeness (QED) is 0.706. The van der Waals surface area contributed by atoms with Crippen molar-refractivity contribution in [2.75, 3.05) is 0 Å². The van der Waals surface area contributed by atoms with Crippen LogP contribution < -0.4 is 4.74 Å². The molecule has 0 N–H and O–H groups in total. The van der Waals surface area contributed by atoms with Crippen molar-refractivity contribution in [2.24, 2.45) is 5.92 Å². The van der Waals surface area contributed by atoms with Crippen LogP contribution in [-0.2, 0) is 6.42 Å². The van der Waals surface area contributed by atoms with Gasteiger partial charge in [-0.2, -0.15) is 0 Å². The molecular weight excluding hydrogens is 184 g/mol. The van der Waals surface area contributed by atoms with E-state index in [1.807, 2.05) is 6.07 Å². The van der Waals surface area contributed by atoms with Crippen LogP contribution >= 0.6 is 0 Å². The Labute approximate surface area is 93.5 Å². The van der Waals surface area contributed by atoms with Gasteiger partial charge in [-0.25, -0.2) is 0 Å². The highest BCUT2D eigenvalue weighted by molar-refractivity contribution is 5.33. The number of hydrogen-bond donors (Lipinski definition) is 0. The van der Waals surface area contributed by atoms with Gasteiger partial charge in [0, 0.05) is 0 Å². The minimum atomic E-state index is 0.304. The third-order valence-corrected chi connectivity index (χ3v) is 2.50. The van der Waals surface area contributed by atoms with Crippen LogP contribution in [-0.4, -0.2) is 6.10 Å². The highest BCUT2D eigenvalue weighted by Crippen LogP contribution is 2.22. The molecule has 1 rings (SSSR count). The van der Waals surface area contributed by atoms with Gasteiger partial charge in [0.2, 0.25) is 0 Å². The van der Waals surface area contributed by atoms with Crippen LogP contribution in [0.15, 0.2) is 24.3 Å². The van der Waals surface area contributed by atoms with E-state index in [-0.39, 0.29) is 0 Å². The van der Waals surface area contributed by atoms with Gasteiger partial charge in [-0.1, -0.05) is 39.0 Å². The summed E-state index contributed by atoms with van der Waals surface area (Å²) in [5.74, 6) is 1.73. The molecular formula is C14H22O. The third-order valence-electron chi connectivity index (χ3n) is 2.50. The zero-order valence-corrected chi connectivity index (χ0v) is 10.3. The molecule has 0 fully saturated rings. The fourth-order valence-electron chi connectivity index (χ4n) is 1.53. The molecule has 1 atom stereocenters. The molecule has 0 aliphatic heterocycles. The Morgan fingerprint density at radius 3 is 2.40 bits per heavy atom. The molecule has 0 saturated carbocycles. The number of ether oxygens (including phenoxy) is 1. The third kappa shape index (κ3) is 3.94. The minimum absolute atomic E-state index is 0.304. The number of benzene rings is 1. The SMILES string of the molecule is CCC(C)Oc1ccccc1CC(C)C. The van der Waals surface area contributed by atoms with E-state index in [2.05, 4.69) is 45.9 Å². The van der Waals surface area contributed by atoms with Crippen molar-refractivity contribution in [1.29, 1.82) is 0 Å². The van der Waals surface area contributed by atoms with Crippen LogP contribution in [0, 0.1) is 5.92 Å². The lowest BCUT2D eigenvalue weighted by atomic mass is 10.0. The Bertz CT molecular complexity index is 291. The van der Waals surface area contributed by atoms with Gasteiger partial charge in [-0.05, 0) is 37.3 Å². The average Bonchev–Trinajstić information content (AvgIpc) is 2.20. The van der Waals surface area contributed by atoms with Crippen LogP contribution in [0.3, 0.4) is 0 Å². The molecule has 1 aromatic carbocycles. The first-order valence-corrected chi connectivity index (χ1v) is 5.88.